The number of benzene rings is 1. The van der Waals surface area contributed by atoms with Crippen LogP contribution in [0.5, 0.6) is 5.75 Å². The standard InChI is InChI=1S/C22H28N4O3/c1-16-6-3-10-20(24-16)25-22(28)18-8-5-11-26(14-18)15-21(27)23-13-17-7-4-9-19(12-17)29-2/h3-4,6-7,9-10,12,18H,5,8,11,13-15H2,1-2H3,(H,23,27)(H,24,25,28). The highest BCUT2D eigenvalue weighted by atomic mass is 16.5. The Labute approximate surface area is 171 Å². The lowest BCUT2D eigenvalue weighted by Crippen LogP contribution is -2.45. The lowest BCUT2D eigenvalue weighted by molar-refractivity contribution is -0.125. The maximum Gasteiger partial charge on any atom is 0.234 e. The van der Waals surface area contributed by atoms with Gasteiger partial charge in [-0.05, 0) is 56.1 Å². The summed E-state index contributed by atoms with van der Waals surface area (Å²) in [7, 11) is 1.62. The number of amides is 2. The molecule has 1 aliphatic heterocycles. The van der Waals surface area contributed by atoms with Crippen molar-refractivity contribution in [1.82, 2.24) is 15.2 Å². The minimum absolute atomic E-state index is 0.0374. The van der Waals surface area contributed by atoms with Crippen molar-refractivity contribution in [3.63, 3.8) is 0 Å². The van der Waals surface area contributed by atoms with Crippen molar-refractivity contribution in [2.45, 2.75) is 26.3 Å². The van der Waals surface area contributed by atoms with E-state index in [0.717, 1.165) is 36.4 Å². The minimum atomic E-state index is -0.141. The fraction of sp³-hybridized carbons (Fsp3) is 0.409. The molecule has 2 amide bonds. The van der Waals surface area contributed by atoms with Gasteiger partial charge in [-0.15, -0.1) is 0 Å². The molecule has 0 bridgehead atoms. The molecule has 154 valence electrons. The van der Waals surface area contributed by atoms with Crippen LogP contribution in [0.15, 0.2) is 42.5 Å². The molecule has 1 aromatic heterocycles. The van der Waals surface area contributed by atoms with Gasteiger partial charge in [0, 0.05) is 18.8 Å². The summed E-state index contributed by atoms with van der Waals surface area (Å²) in [5.41, 5.74) is 1.85. The van der Waals surface area contributed by atoms with E-state index >= 15 is 0 Å². The molecular weight excluding hydrogens is 368 g/mol. The average Bonchev–Trinajstić information content (AvgIpc) is 2.72. The van der Waals surface area contributed by atoms with E-state index in [0.29, 0.717) is 18.9 Å². The molecule has 1 atom stereocenters. The molecule has 1 saturated heterocycles. The van der Waals surface area contributed by atoms with E-state index in [4.69, 9.17) is 4.74 Å². The monoisotopic (exact) mass is 396 g/mol. The van der Waals surface area contributed by atoms with Crippen LogP contribution in [-0.2, 0) is 16.1 Å². The van der Waals surface area contributed by atoms with Gasteiger partial charge in [-0.25, -0.2) is 4.98 Å². The first-order valence-corrected chi connectivity index (χ1v) is 9.90. The van der Waals surface area contributed by atoms with Crippen molar-refractivity contribution in [3.8, 4) is 5.75 Å². The van der Waals surface area contributed by atoms with E-state index in [1.165, 1.54) is 0 Å². The molecule has 0 aliphatic carbocycles. The van der Waals surface area contributed by atoms with Crippen molar-refractivity contribution in [2.75, 3.05) is 32.1 Å². The predicted molar refractivity (Wildman–Crippen MR) is 112 cm³/mol. The van der Waals surface area contributed by atoms with Gasteiger partial charge in [-0.2, -0.15) is 0 Å². The highest BCUT2D eigenvalue weighted by Crippen LogP contribution is 2.18. The number of rotatable bonds is 7. The third kappa shape index (κ3) is 6.29. The second-order valence-corrected chi connectivity index (χ2v) is 7.36. The predicted octanol–water partition coefficient (Wildman–Crippen LogP) is 2.37. The molecule has 7 heteroatoms. The topological polar surface area (TPSA) is 83.6 Å². The smallest absolute Gasteiger partial charge is 0.234 e. The van der Waals surface area contributed by atoms with E-state index in [-0.39, 0.29) is 24.3 Å². The number of likely N-dealkylation sites (tertiary alicyclic amines) is 1. The molecule has 2 heterocycles. The first-order chi connectivity index (χ1) is 14.0. The minimum Gasteiger partial charge on any atom is -0.497 e. The van der Waals surface area contributed by atoms with Crippen LogP contribution in [0.2, 0.25) is 0 Å². The summed E-state index contributed by atoms with van der Waals surface area (Å²) >= 11 is 0. The van der Waals surface area contributed by atoms with Gasteiger partial charge in [0.15, 0.2) is 0 Å². The molecule has 2 N–H and O–H groups in total. The van der Waals surface area contributed by atoms with Crippen LogP contribution in [0.25, 0.3) is 0 Å². The second kappa shape index (κ2) is 10.0. The van der Waals surface area contributed by atoms with Crippen LogP contribution in [0.3, 0.4) is 0 Å². The Morgan fingerprint density at radius 1 is 1.24 bits per heavy atom. The van der Waals surface area contributed by atoms with Gasteiger partial charge in [0.25, 0.3) is 0 Å². The molecule has 0 saturated carbocycles. The number of methoxy groups -OCH3 is 1. The third-order valence-corrected chi connectivity index (χ3v) is 5.01. The van der Waals surface area contributed by atoms with E-state index in [9.17, 15) is 9.59 Å². The van der Waals surface area contributed by atoms with Gasteiger partial charge >= 0.3 is 0 Å². The van der Waals surface area contributed by atoms with Crippen LogP contribution < -0.4 is 15.4 Å². The highest BCUT2D eigenvalue weighted by Gasteiger charge is 2.27. The number of carbonyl (C=O) groups is 2. The Balaban J connectivity index is 1.47. The first-order valence-electron chi connectivity index (χ1n) is 9.90. The van der Waals surface area contributed by atoms with Gasteiger partial charge in [0.1, 0.15) is 11.6 Å². The molecule has 0 spiro atoms. The lowest BCUT2D eigenvalue weighted by atomic mass is 9.97. The number of ether oxygens (including phenoxy) is 1. The summed E-state index contributed by atoms with van der Waals surface area (Å²) in [4.78, 5) is 31.3. The quantitative estimate of drug-likeness (QED) is 0.751. The van der Waals surface area contributed by atoms with Gasteiger partial charge in [0.05, 0.1) is 19.6 Å². The van der Waals surface area contributed by atoms with Crippen LogP contribution >= 0.6 is 0 Å². The fourth-order valence-electron chi connectivity index (χ4n) is 3.50. The van der Waals surface area contributed by atoms with Crippen molar-refractivity contribution in [1.29, 1.82) is 0 Å². The Morgan fingerprint density at radius 3 is 2.86 bits per heavy atom. The summed E-state index contributed by atoms with van der Waals surface area (Å²) in [5, 5.41) is 5.84. The Bertz CT molecular complexity index is 855. The summed E-state index contributed by atoms with van der Waals surface area (Å²) in [6.07, 6.45) is 1.71. The molecule has 1 aliphatic rings. The summed E-state index contributed by atoms with van der Waals surface area (Å²) in [6, 6.07) is 13.2. The van der Waals surface area contributed by atoms with E-state index in [1.54, 1.807) is 13.2 Å². The normalized spacial score (nSPS) is 16.8. The zero-order chi connectivity index (χ0) is 20.6. The third-order valence-electron chi connectivity index (χ3n) is 5.01. The number of nitrogens with zero attached hydrogens (tertiary/aromatic N) is 2. The Kier molecular flexibility index (Phi) is 7.19. The Morgan fingerprint density at radius 2 is 2.07 bits per heavy atom. The molecule has 2 aromatic rings. The number of nitrogens with one attached hydrogen (secondary N) is 2. The largest absolute Gasteiger partial charge is 0.497 e. The van der Waals surface area contributed by atoms with E-state index < -0.39 is 0 Å². The number of carbonyl (C=O) groups excluding carboxylic acids is 2. The van der Waals surface area contributed by atoms with Crippen molar-refractivity contribution in [2.24, 2.45) is 5.92 Å². The molecule has 0 radical (unpaired) electrons. The van der Waals surface area contributed by atoms with Crippen molar-refractivity contribution >= 4 is 17.6 Å². The summed E-state index contributed by atoms with van der Waals surface area (Å²) in [6.45, 7) is 4.02. The average molecular weight is 396 g/mol. The molecular formula is C22H28N4O3. The number of pyridine rings is 1. The van der Waals surface area contributed by atoms with Crippen LogP contribution in [0, 0.1) is 12.8 Å². The number of aryl methyl sites for hydroxylation is 1. The first kappa shape index (κ1) is 20.8. The van der Waals surface area contributed by atoms with Crippen LogP contribution in [0.4, 0.5) is 5.82 Å². The van der Waals surface area contributed by atoms with Gasteiger partial charge in [-0.1, -0.05) is 18.2 Å². The molecule has 1 unspecified atom stereocenters. The van der Waals surface area contributed by atoms with Gasteiger partial charge in [-0.3, -0.25) is 14.5 Å². The zero-order valence-electron chi connectivity index (χ0n) is 17.0. The molecule has 7 nitrogen and oxygen atoms in total. The number of anilines is 1. The van der Waals surface area contributed by atoms with Crippen molar-refractivity contribution < 1.29 is 14.3 Å². The fourth-order valence-corrected chi connectivity index (χ4v) is 3.50. The molecule has 1 aromatic carbocycles. The molecule has 1 fully saturated rings. The SMILES string of the molecule is COc1cccc(CNC(=O)CN2CCCC(C(=O)Nc3cccc(C)n3)C2)c1. The van der Waals surface area contributed by atoms with Crippen LogP contribution in [0.1, 0.15) is 24.1 Å². The molecule has 29 heavy (non-hydrogen) atoms. The number of aromatic nitrogens is 1. The maximum absolute atomic E-state index is 12.6. The van der Waals surface area contributed by atoms with Gasteiger partial charge in [0.2, 0.25) is 11.8 Å². The summed E-state index contributed by atoms with van der Waals surface area (Å²) in [5.74, 6) is 1.11. The lowest BCUT2D eigenvalue weighted by Gasteiger charge is -2.31. The van der Waals surface area contributed by atoms with Crippen LogP contribution in [-0.4, -0.2) is 48.4 Å². The highest BCUT2D eigenvalue weighted by molar-refractivity contribution is 5.92. The number of hydrogen-bond acceptors (Lipinski definition) is 5. The second-order valence-electron chi connectivity index (χ2n) is 7.36. The van der Waals surface area contributed by atoms with E-state index in [1.807, 2.05) is 48.2 Å². The maximum atomic E-state index is 12.6. The van der Waals surface area contributed by atoms with E-state index in [2.05, 4.69) is 15.6 Å². The molecule has 3 rings (SSSR count). The number of hydrogen-bond donors (Lipinski definition) is 2. The Hall–Kier alpha value is -2.93. The summed E-state index contributed by atoms with van der Waals surface area (Å²) < 4.78 is 5.20. The van der Waals surface area contributed by atoms with Crippen molar-refractivity contribution in [3.05, 3.63) is 53.7 Å². The van der Waals surface area contributed by atoms with Gasteiger partial charge < -0.3 is 15.4 Å². The zero-order valence-corrected chi connectivity index (χ0v) is 17.0. The number of piperidine rings is 1.